The molecular formula is C18H19N5O2S. The van der Waals surface area contributed by atoms with Gasteiger partial charge in [-0.25, -0.2) is 4.98 Å². The van der Waals surface area contributed by atoms with Crippen LogP contribution < -0.4 is 5.32 Å². The molecule has 0 aromatic carbocycles. The number of amides is 1. The Morgan fingerprint density at radius 1 is 1.23 bits per heavy atom. The van der Waals surface area contributed by atoms with Gasteiger partial charge in [0.15, 0.2) is 0 Å². The average Bonchev–Trinajstić information content (AvgIpc) is 3.16. The Morgan fingerprint density at radius 3 is 2.81 bits per heavy atom. The molecule has 0 aliphatic rings. The van der Waals surface area contributed by atoms with Crippen LogP contribution in [-0.2, 0) is 11.2 Å². The van der Waals surface area contributed by atoms with E-state index in [0.717, 1.165) is 11.3 Å². The summed E-state index contributed by atoms with van der Waals surface area (Å²) in [4.78, 5) is 25.2. The van der Waals surface area contributed by atoms with E-state index in [1.165, 1.54) is 11.8 Å². The largest absolute Gasteiger partial charge is 0.347 e. The van der Waals surface area contributed by atoms with Crippen LogP contribution in [0.4, 0.5) is 0 Å². The standard InChI is InChI=1S/C18H19N5O2S/c1-3-16-22-17(23-25-16)13-7-6-10-20-18(13)26-11-15(24)21-12(2)14-8-4-5-9-19-14/h4-10,12H,3,11H2,1-2H3,(H,21,24). The second-order valence-corrected chi connectivity index (χ2v) is 6.52. The SMILES string of the molecule is CCc1nc(-c2cccnc2SCC(=O)NC(C)c2ccccn2)no1. The van der Waals surface area contributed by atoms with Crippen molar-refractivity contribution < 1.29 is 9.32 Å². The molecule has 0 saturated heterocycles. The van der Waals surface area contributed by atoms with Gasteiger partial charge in [-0.05, 0) is 31.2 Å². The molecule has 0 bridgehead atoms. The van der Waals surface area contributed by atoms with Crippen molar-refractivity contribution in [1.29, 1.82) is 0 Å². The maximum absolute atomic E-state index is 12.3. The lowest BCUT2D eigenvalue weighted by Gasteiger charge is -2.13. The Bertz CT molecular complexity index is 869. The average molecular weight is 369 g/mol. The van der Waals surface area contributed by atoms with Crippen LogP contribution in [0.2, 0.25) is 0 Å². The van der Waals surface area contributed by atoms with E-state index < -0.39 is 0 Å². The predicted molar refractivity (Wildman–Crippen MR) is 98.4 cm³/mol. The van der Waals surface area contributed by atoms with Crippen molar-refractivity contribution in [3.8, 4) is 11.4 Å². The van der Waals surface area contributed by atoms with Gasteiger partial charge in [0.05, 0.1) is 23.1 Å². The molecule has 0 saturated carbocycles. The number of thioether (sulfide) groups is 1. The summed E-state index contributed by atoms with van der Waals surface area (Å²) < 4.78 is 5.17. The summed E-state index contributed by atoms with van der Waals surface area (Å²) in [6.07, 6.45) is 4.06. The van der Waals surface area contributed by atoms with Gasteiger partial charge < -0.3 is 9.84 Å². The van der Waals surface area contributed by atoms with E-state index in [4.69, 9.17) is 4.52 Å². The van der Waals surface area contributed by atoms with E-state index in [1.807, 2.05) is 44.2 Å². The van der Waals surface area contributed by atoms with Crippen LogP contribution in [0, 0.1) is 0 Å². The zero-order chi connectivity index (χ0) is 18.4. The van der Waals surface area contributed by atoms with Crippen LogP contribution in [0.5, 0.6) is 0 Å². The summed E-state index contributed by atoms with van der Waals surface area (Å²) in [6, 6.07) is 9.15. The Labute approximate surface area is 155 Å². The maximum Gasteiger partial charge on any atom is 0.230 e. The highest BCUT2D eigenvalue weighted by Crippen LogP contribution is 2.27. The first-order chi connectivity index (χ1) is 12.7. The minimum absolute atomic E-state index is 0.0906. The van der Waals surface area contributed by atoms with Crippen molar-refractivity contribution in [3.05, 3.63) is 54.3 Å². The summed E-state index contributed by atoms with van der Waals surface area (Å²) in [5, 5.41) is 7.62. The third-order valence-corrected chi connectivity index (χ3v) is 4.64. The number of aryl methyl sites for hydroxylation is 1. The summed E-state index contributed by atoms with van der Waals surface area (Å²) in [5.74, 6) is 1.20. The van der Waals surface area contributed by atoms with Gasteiger partial charge in [0.25, 0.3) is 0 Å². The molecule has 0 spiro atoms. The predicted octanol–water partition coefficient (Wildman–Crippen LogP) is 3.06. The highest BCUT2D eigenvalue weighted by molar-refractivity contribution is 8.00. The second-order valence-electron chi connectivity index (χ2n) is 5.55. The summed E-state index contributed by atoms with van der Waals surface area (Å²) >= 11 is 1.34. The van der Waals surface area contributed by atoms with Gasteiger partial charge in [-0.15, -0.1) is 0 Å². The first kappa shape index (κ1) is 18.1. The molecule has 7 nitrogen and oxygen atoms in total. The van der Waals surface area contributed by atoms with E-state index in [0.29, 0.717) is 23.2 Å². The number of hydrogen-bond acceptors (Lipinski definition) is 7. The van der Waals surface area contributed by atoms with E-state index in [1.54, 1.807) is 12.4 Å². The summed E-state index contributed by atoms with van der Waals surface area (Å²) in [7, 11) is 0. The van der Waals surface area contributed by atoms with Crippen LogP contribution in [0.15, 0.2) is 52.3 Å². The number of hydrogen-bond donors (Lipinski definition) is 1. The fourth-order valence-electron chi connectivity index (χ4n) is 2.31. The number of rotatable bonds is 7. The molecule has 0 fully saturated rings. The van der Waals surface area contributed by atoms with Crippen LogP contribution in [0.3, 0.4) is 0 Å². The van der Waals surface area contributed by atoms with E-state index in [-0.39, 0.29) is 17.7 Å². The number of carbonyl (C=O) groups excluding carboxylic acids is 1. The number of pyridine rings is 2. The zero-order valence-electron chi connectivity index (χ0n) is 14.5. The molecule has 0 aliphatic carbocycles. The first-order valence-electron chi connectivity index (χ1n) is 8.28. The smallest absolute Gasteiger partial charge is 0.230 e. The Hall–Kier alpha value is -2.74. The Kier molecular flexibility index (Phi) is 5.96. The molecule has 1 N–H and O–H groups in total. The second kappa shape index (κ2) is 8.57. The fourth-order valence-corrected chi connectivity index (χ4v) is 3.11. The van der Waals surface area contributed by atoms with Crippen LogP contribution in [-0.4, -0.2) is 31.8 Å². The van der Waals surface area contributed by atoms with E-state index in [9.17, 15) is 4.79 Å². The van der Waals surface area contributed by atoms with Gasteiger partial charge in [0, 0.05) is 18.8 Å². The van der Waals surface area contributed by atoms with Gasteiger partial charge in [-0.2, -0.15) is 4.98 Å². The highest BCUT2D eigenvalue weighted by atomic mass is 32.2. The van der Waals surface area contributed by atoms with Gasteiger partial charge in [-0.3, -0.25) is 9.78 Å². The van der Waals surface area contributed by atoms with Crippen molar-refractivity contribution in [3.63, 3.8) is 0 Å². The maximum atomic E-state index is 12.3. The zero-order valence-corrected chi connectivity index (χ0v) is 15.4. The Morgan fingerprint density at radius 2 is 2.08 bits per heavy atom. The van der Waals surface area contributed by atoms with Crippen molar-refractivity contribution in [1.82, 2.24) is 25.4 Å². The molecule has 1 atom stereocenters. The van der Waals surface area contributed by atoms with Crippen LogP contribution in [0.25, 0.3) is 11.4 Å². The first-order valence-corrected chi connectivity index (χ1v) is 9.27. The molecular weight excluding hydrogens is 350 g/mol. The molecule has 3 heterocycles. The van der Waals surface area contributed by atoms with Gasteiger partial charge in [0.1, 0.15) is 5.03 Å². The molecule has 26 heavy (non-hydrogen) atoms. The molecule has 3 aromatic rings. The fraction of sp³-hybridized carbons (Fsp3) is 0.278. The van der Waals surface area contributed by atoms with Crippen LogP contribution >= 0.6 is 11.8 Å². The molecule has 0 aliphatic heterocycles. The molecule has 1 unspecified atom stereocenters. The van der Waals surface area contributed by atoms with Crippen molar-refractivity contribution in [2.45, 2.75) is 31.3 Å². The quantitative estimate of drug-likeness (QED) is 0.640. The van der Waals surface area contributed by atoms with Crippen LogP contribution in [0.1, 0.15) is 31.5 Å². The molecule has 3 aromatic heterocycles. The van der Waals surface area contributed by atoms with Gasteiger partial charge in [-0.1, -0.05) is 29.9 Å². The molecule has 0 radical (unpaired) electrons. The minimum Gasteiger partial charge on any atom is -0.347 e. The van der Waals surface area contributed by atoms with Crippen molar-refractivity contribution in [2.75, 3.05) is 5.75 Å². The molecule has 134 valence electrons. The van der Waals surface area contributed by atoms with E-state index in [2.05, 4.69) is 25.4 Å². The monoisotopic (exact) mass is 369 g/mol. The van der Waals surface area contributed by atoms with Gasteiger partial charge in [0.2, 0.25) is 17.6 Å². The normalized spacial score (nSPS) is 11.9. The third kappa shape index (κ3) is 4.45. The molecule has 3 rings (SSSR count). The summed E-state index contributed by atoms with van der Waals surface area (Å²) in [5.41, 5.74) is 1.58. The molecule has 1 amide bonds. The topological polar surface area (TPSA) is 93.8 Å². The number of nitrogens with zero attached hydrogens (tertiary/aromatic N) is 4. The third-order valence-electron chi connectivity index (χ3n) is 3.63. The van der Waals surface area contributed by atoms with Crippen molar-refractivity contribution >= 4 is 17.7 Å². The van der Waals surface area contributed by atoms with E-state index >= 15 is 0 Å². The van der Waals surface area contributed by atoms with Crippen molar-refractivity contribution in [2.24, 2.45) is 0 Å². The number of aromatic nitrogens is 4. The van der Waals surface area contributed by atoms with Gasteiger partial charge >= 0.3 is 0 Å². The number of nitrogens with one attached hydrogen (secondary N) is 1. The lowest BCUT2D eigenvalue weighted by Crippen LogP contribution is -2.28. The lowest BCUT2D eigenvalue weighted by molar-refractivity contribution is -0.119. The lowest BCUT2D eigenvalue weighted by atomic mass is 10.2. The summed E-state index contributed by atoms with van der Waals surface area (Å²) in [6.45, 7) is 3.85. The minimum atomic E-state index is -0.156. The Balaban J connectivity index is 1.63. The number of carbonyl (C=O) groups is 1. The highest BCUT2D eigenvalue weighted by Gasteiger charge is 2.15. The molecule has 8 heteroatoms.